The molecule has 5 heterocycles. The molecule has 0 fully saturated rings. The van der Waals surface area contributed by atoms with E-state index in [9.17, 15) is 5.11 Å². The lowest BCUT2D eigenvalue weighted by molar-refractivity contribution is -0.884. The smallest absolute Gasteiger partial charge is 0.124 e. The average molecular weight is 705 g/mol. The lowest BCUT2D eigenvalue weighted by Crippen LogP contribution is -2.33. The van der Waals surface area contributed by atoms with E-state index in [0.29, 0.717) is 16.8 Å². The van der Waals surface area contributed by atoms with Gasteiger partial charge in [0.1, 0.15) is 12.3 Å². The molecule has 0 radical (unpaired) electrons. The molecule has 0 amide bonds. The number of hydrogen-bond donors (Lipinski definition) is 5. The van der Waals surface area contributed by atoms with Gasteiger partial charge < -0.3 is 29.5 Å². The van der Waals surface area contributed by atoms with Crippen LogP contribution in [0.5, 0.6) is 5.75 Å². The van der Waals surface area contributed by atoms with Gasteiger partial charge in [-0.2, -0.15) is 0 Å². The highest BCUT2D eigenvalue weighted by Crippen LogP contribution is 2.30. The zero-order chi connectivity index (χ0) is 36.8. The molecule has 0 saturated carbocycles. The molecule has 4 aromatic carbocycles. The molecule has 6 nitrogen and oxygen atoms in total. The van der Waals surface area contributed by atoms with Crippen molar-refractivity contribution in [2.45, 2.75) is 6.54 Å². The van der Waals surface area contributed by atoms with Gasteiger partial charge in [-0.25, -0.2) is 0 Å². The third-order valence-corrected chi connectivity index (χ3v) is 10.1. The van der Waals surface area contributed by atoms with Gasteiger partial charge in [-0.05, 0) is 82.9 Å². The molecule has 5 N–H and O–H groups in total. The molecule has 0 aliphatic carbocycles. The van der Waals surface area contributed by atoms with Crippen LogP contribution in [0.2, 0.25) is 0 Å². The van der Waals surface area contributed by atoms with Crippen molar-refractivity contribution in [3.63, 3.8) is 0 Å². The molecule has 1 aliphatic rings. The molecule has 264 valence electrons. The second-order valence-electron chi connectivity index (χ2n) is 15.0. The fraction of sp³-hybridized carbons (Fsp3) is 0.0833. The summed E-state index contributed by atoms with van der Waals surface area (Å²) in [6, 6.07) is 55.1. The number of aromatic nitrogens is 4. The number of phenolic OH excluding ortho intramolecular Hbond substituents is 1. The van der Waals surface area contributed by atoms with Crippen LogP contribution in [0.25, 0.3) is 22.3 Å². The molecule has 54 heavy (non-hydrogen) atoms. The van der Waals surface area contributed by atoms with Gasteiger partial charge in [0.15, 0.2) is 0 Å². The minimum Gasteiger partial charge on any atom is -0.507 e. The Balaban J connectivity index is 1.41. The number of nitrogens with one attached hydrogen (secondary N) is 4. The zero-order valence-corrected chi connectivity index (χ0v) is 30.6. The van der Waals surface area contributed by atoms with Crippen molar-refractivity contribution in [1.82, 2.24) is 19.9 Å². The molecule has 1 aliphatic heterocycles. The summed E-state index contributed by atoms with van der Waals surface area (Å²) in [5, 5.41) is 15.0. The van der Waals surface area contributed by atoms with Gasteiger partial charge in [-0.15, -0.1) is 0 Å². The third kappa shape index (κ3) is 6.23. The summed E-state index contributed by atoms with van der Waals surface area (Å²) < 4.78 is 0.691. The van der Waals surface area contributed by atoms with Gasteiger partial charge in [0, 0.05) is 72.0 Å². The number of fused-ring (bicyclic) bond motifs is 8. The van der Waals surface area contributed by atoms with Crippen LogP contribution in [0.4, 0.5) is 0 Å². The molecular formula is C48H42N5O+. The van der Waals surface area contributed by atoms with Gasteiger partial charge in [-0.1, -0.05) is 97.1 Å². The summed E-state index contributed by atoms with van der Waals surface area (Å²) in [4.78, 5) is 15.4. The van der Waals surface area contributed by atoms with Gasteiger partial charge >= 0.3 is 0 Å². The molecule has 0 spiro atoms. The number of aromatic amines is 4. The minimum atomic E-state index is 0.302. The fourth-order valence-corrected chi connectivity index (χ4v) is 7.76. The monoisotopic (exact) mass is 704 g/mol. The Morgan fingerprint density at radius 2 is 0.741 bits per heavy atom. The van der Waals surface area contributed by atoms with Crippen LogP contribution in [0.15, 0.2) is 158 Å². The Hall–Kier alpha value is -6.76. The molecule has 6 heteroatoms. The predicted octanol–water partition coefficient (Wildman–Crippen LogP) is 6.21. The van der Waals surface area contributed by atoms with Crippen LogP contribution in [0.3, 0.4) is 0 Å². The van der Waals surface area contributed by atoms with E-state index < -0.39 is 0 Å². The fourth-order valence-electron chi connectivity index (χ4n) is 7.76. The summed E-state index contributed by atoms with van der Waals surface area (Å²) in [6.45, 7) is 0.684. The van der Waals surface area contributed by atoms with Crippen molar-refractivity contribution in [3.05, 3.63) is 230 Å². The van der Waals surface area contributed by atoms with Crippen LogP contribution in [0.1, 0.15) is 50.6 Å². The van der Waals surface area contributed by atoms with Crippen molar-refractivity contribution in [2.24, 2.45) is 0 Å². The highest BCUT2D eigenvalue weighted by Gasteiger charge is 2.20. The molecule has 9 rings (SSSR count). The minimum absolute atomic E-state index is 0.302. The van der Waals surface area contributed by atoms with E-state index in [0.717, 1.165) is 94.3 Å². The van der Waals surface area contributed by atoms with Crippen LogP contribution >= 0.6 is 0 Å². The number of aromatic hydroxyl groups is 1. The maximum atomic E-state index is 11.0. The molecule has 0 atom stereocenters. The van der Waals surface area contributed by atoms with E-state index >= 15 is 0 Å². The Morgan fingerprint density at radius 1 is 0.389 bits per heavy atom. The Bertz CT molecular complexity index is 2880. The van der Waals surface area contributed by atoms with Gasteiger partial charge in [0.2, 0.25) is 0 Å². The zero-order valence-electron chi connectivity index (χ0n) is 30.6. The SMILES string of the molecule is C[N+](C)(C)Cc1cc(C2=c3ccc([nH]3)=C(c3ccccc3)c3ccc([nH]3)C(c3ccccc3)=c3ccc([nH]3)=C(c3ccccc3)c3ccc2[nH]3)ccc1O. The highest BCUT2D eigenvalue weighted by molar-refractivity contribution is 5.84. The highest BCUT2D eigenvalue weighted by atomic mass is 16.3. The van der Waals surface area contributed by atoms with Crippen LogP contribution in [-0.4, -0.2) is 50.7 Å². The molecule has 0 unspecified atom stereocenters. The van der Waals surface area contributed by atoms with Crippen LogP contribution in [-0.2, 0) is 6.54 Å². The number of hydrogen-bond acceptors (Lipinski definition) is 1. The maximum absolute atomic E-state index is 11.0. The number of H-pyrrole nitrogens is 4. The Kier molecular flexibility index (Phi) is 8.17. The molecule has 4 aromatic heterocycles. The third-order valence-electron chi connectivity index (χ3n) is 10.1. The van der Waals surface area contributed by atoms with E-state index in [-0.39, 0.29) is 0 Å². The summed E-state index contributed by atoms with van der Waals surface area (Å²) in [6.07, 6.45) is 0. The van der Waals surface area contributed by atoms with Crippen molar-refractivity contribution in [2.75, 3.05) is 21.1 Å². The number of nitrogens with zero attached hydrogens (tertiary/aromatic N) is 1. The van der Waals surface area contributed by atoms with E-state index in [1.54, 1.807) is 0 Å². The summed E-state index contributed by atoms with van der Waals surface area (Å²) in [7, 11) is 6.42. The van der Waals surface area contributed by atoms with Gasteiger partial charge in [0.25, 0.3) is 0 Å². The second-order valence-corrected chi connectivity index (χ2v) is 15.0. The molecule has 8 aromatic rings. The number of quaternary nitrogens is 1. The van der Waals surface area contributed by atoms with Crippen molar-refractivity contribution in [1.29, 1.82) is 0 Å². The number of rotatable bonds is 6. The second kappa shape index (κ2) is 13.3. The lowest BCUT2D eigenvalue weighted by Gasteiger charge is -2.24. The molecule has 0 saturated heterocycles. The van der Waals surface area contributed by atoms with E-state index in [1.165, 1.54) is 0 Å². The van der Waals surface area contributed by atoms with Gasteiger partial charge in [-0.3, -0.25) is 0 Å². The number of benzene rings is 4. The van der Waals surface area contributed by atoms with Crippen molar-refractivity contribution in [3.8, 4) is 5.75 Å². The topological polar surface area (TPSA) is 83.4 Å². The quantitative estimate of drug-likeness (QED) is 0.131. The Labute approximate surface area is 314 Å². The summed E-state index contributed by atoms with van der Waals surface area (Å²) >= 11 is 0. The first-order chi connectivity index (χ1) is 26.3. The van der Waals surface area contributed by atoms with E-state index in [1.807, 2.05) is 12.1 Å². The average Bonchev–Trinajstić information content (AvgIpc) is 4.02. The van der Waals surface area contributed by atoms with Crippen LogP contribution in [0, 0.1) is 0 Å². The molecule has 8 bridgehead atoms. The first-order valence-electron chi connectivity index (χ1n) is 18.3. The maximum Gasteiger partial charge on any atom is 0.124 e. The first-order valence-corrected chi connectivity index (χ1v) is 18.3. The summed E-state index contributed by atoms with van der Waals surface area (Å²) in [5.74, 6) is 0.302. The standard InChI is InChI=1S/C48H41N5O/c1-53(2,3)30-35-29-34(19-28-44(35)54)48-42-26-24-40(51-42)46(32-15-9-5-10-16-32)38-22-20-36(49-38)45(31-13-7-4-8-14-31)37-21-23-39(50-37)47(33-17-11-6-12-18-33)41-25-27-43(48)52-41/h4-29,49-52H,30H2,1-3H3/p+1. The van der Waals surface area contributed by atoms with E-state index in [4.69, 9.17) is 0 Å². The Morgan fingerprint density at radius 3 is 1.09 bits per heavy atom. The normalized spacial score (nSPS) is 13.1. The lowest BCUT2D eigenvalue weighted by atomic mass is 9.99. The largest absolute Gasteiger partial charge is 0.507 e. The van der Waals surface area contributed by atoms with Crippen LogP contribution < -0.4 is 21.4 Å². The van der Waals surface area contributed by atoms with Gasteiger partial charge in [0.05, 0.1) is 21.1 Å². The van der Waals surface area contributed by atoms with E-state index in [2.05, 4.69) is 187 Å². The predicted molar refractivity (Wildman–Crippen MR) is 217 cm³/mol. The summed E-state index contributed by atoms with van der Waals surface area (Å²) in [5.41, 5.74) is 13.5. The first kappa shape index (κ1) is 33.1. The van der Waals surface area contributed by atoms with Crippen molar-refractivity contribution < 1.29 is 9.59 Å². The molecular weight excluding hydrogens is 663 g/mol. The van der Waals surface area contributed by atoms with Crippen molar-refractivity contribution >= 4 is 22.3 Å². The number of phenols is 1.